The molecule has 2 rings (SSSR count). The van der Waals surface area contributed by atoms with Gasteiger partial charge in [0.25, 0.3) is 0 Å². The van der Waals surface area contributed by atoms with E-state index in [1.54, 1.807) is 6.20 Å². The molecular weight excluding hydrogens is 176 g/mol. The van der Waals surface area contributed by atoms with Crippen LogP contribution < -0.4 is 4.74 Å². The minimum Gasteiger partial charge on any atom is -0.472 e. The van der Waals surface area contributed by atoms with Crippen molar-refractivity contribution in [3.8, 4) is 5.88 Å². The van der Waals surface area contributed by atoms with Gasteiger partial charge in [-0.1, -0.05) is 0 Å². The molecule has 0 aliphatic carbocycles. The van der Waals surface area contributed by atoms with Gasteiger partial charge in [-0.15, -0.1) is 4.37 Å². The van der Waals surface area contributed by atoms with Crippen molar-refractivity contribution in [2.45, 2.75) is 18.9 Å². The van der Waals surface area contributed by atoms with Crippen LogP contribution in [0.15, 0.2) is 6.20 Å². The Labute approximate surface area is 74.8 Å². The lowest BCUT2D eigenvalue weighted by molar-refractivity contribution is 0.0241. The van der Waals surface area contributed by atoms with Gasteiger partial charge in [0, 0.05) is 12.8 Å². The van der Waals surface area contributed by atoms with E-state index < -0.39 is 0 Å². The lowest BCUT2D eigenvalue weighted by atomic mass is 10.2. The predicted molar refractivity (Wildman–Crippen MR) is 44.4 cm³/mol. The van der Waals surface area contributed by atoms with Gasteiger partial charge >= 0.3 is 0 Å². The molecule has 1 saturated heterocycles. The van der Waals surface area contributed by atoms with E-state index in [1.165, 1.54) is 11.7 Å². The molecule has 0 aromatic carbocycles. The Balaban J connectivity index is 1.86. The second-order valence-electron chi connectivity index (χ2n) is 2.68. The summed E-state index contributed by atoms with van der Waals surface area (Å²) in [6, 6.07) is 0. The first kappa shape index (κ1) is 7.94. The van der Waals surface area contributed by atoms with Gasteiger partial charge in [-0.25, -0.2) is 0 Å². The minimum absolute atomic E-state index is 0.266. The van der Waals surface area contributed by atoms with Crippen molar-refractivity contribution in [1.82, 2.24) is 8.75 Å². The van der Waals surface area contributed by atoms with Crippen LogP contribution in [0.4, 0.5) is 0 Å². The second-order valence-corrected chi connectivity index (χ2v) is 3.23. The van der Waals surface area contributed by atoms with E-state index in [0.29, 0.717) is 5.88 Å². The molecule has 5 heteroatoms. The normalized spacial score (nSPS) is 19.3. The topological polar surface area (TPSA) is 44.2 Å². The first-order valence-electron chi connectivity index (χ1n) is 3.97. The van der Waals surface area contributed by atoms with Crippen LogP contribution in [0.2, 0.25) is 0 Å². The number of nitrogens with zero attached hydrogens (tertiary/aromatic N) is 2. The van der Waals surface area contributed by atoms with Gasteiger partial charge in [-0.3, -0.25) is 0 Å². The molecule has 0 saturated carbocycles. The first-order chi connectivity index (χ1) is 5.95. The fourth-order valence-corrected chi connectivity index (χ4v) is 1.53. The summed E-state index contributed by atoms with van der Waals surface area (Å²) in [6.45, 7) is 1.59. The van der Waals surface area contributed by atoms with Crippen molar-refractivity contribution in [2.24, 2.45) is 0 Å². The van der Waals surface area contributed by atoms with Crippen LogP contribution in [0.1, 0.15) is 12.8 Å². The van der Waals surface area contributed by atoms with Crippen LogP contribution in [-0.2, 0) is 4.74 Å². The second kappa shape index (κ2) is 3.82. The fraction of sp³-hybridized carbons (Fsp3) is 0.714. The molecular formula is C7H10N2O2S. The van der Waals surface area contributed by atoms with Gasteiger partial charge in [0.2, 0.25) is 5.88 Å². The standard InChI is InChI=1S/C7H10N2O2S/c1-3-10-4-2-6(1)11-7-5-8-12-9-7/h5-6H,1-4H2. The van der Waals surface area contributed by atoms with Gasteiger partial charge in [0.15, 0.2) is 0 Å². The molecule has 12 heavy (non-hydrogen) atoms. The Kier molecular flexibility index (Phi) is 2.53. The van der Waals surface area contributed by atoms with E-state index in [0.717, 1.165) is 26.1 Å². The number of hydrogen-bond acceptors (Lipinski definition) is 5. The molecule has 1 fully saturated rings. The number of hydrogen-bond donors (Lipinski definition) is 0. The van der Waals surface area contributed by atoms with Gasteiger partial charge in [0.1, 0.15) is 12.3 Å². The molecule has 0 N–H and O–H groups in total. The summed E-state index contributed by atoms with van der Waals surface area (Å²) in [4.78, 5) is 0. The molecule has 1 aromatic heterocycles. The van der Waals surface area contributed by atoms with E-state index in [1.807, 2.05) is 0 Å². The average molecular weight is 186 g/mol. The highest BCUT2D eigenvalue weighted by atomic mass is 32.1. The monoisotopic (exact) mass is 186 g/mol. The molecule has 1 aromatic rings. The zero-order valence-electron chi connectivity index (χ0n) is 6.60. The van der Waals surface area contributed by atoms with Crippen molar-refractivity contribution in [1.29, 1.82) is 0 Å². The maximum absolute atomic E-state index is 5.55. The zero-order chi connectivity index (χ0) is 8.23. The molecule has 4 nitrogen and oxygen atoms in total. The summed E-state index contributed by atoms with van der Waals surface area (Å²) in [7, 11) is 0. The SMILES string of the molecule is c1nsnc1OC1CCOCC1. The van der Waals surface area contributed by atoms with Gasteiger partial charge in [-0.2, -0.15) is 4.37 Å². The van der Waals surface area contributed by atoms with Gasteiger partial charge < -0.3 is 9.47 Å². The molecule has 0 amide bonds. The Morgan fingerprint density at radius 2 is 2.33 bits per heavy atom. The summed E-state index contributed by atoms with van der Waals surface area (Å²) in [5.41, 5.74) is 0. The van der Waals surface area contributed by atoms with Crippen LogP contribution in [0, 0.1) is 0 Å². The molecule has 1 aliphatic rings. The quantitative estimate of drug-likeness (QED) is 0.693. The van der Waals surface area contributed by atoms with Gasteiger partial charge in [0.05, 0.1) is 24.9 Å². The fourth-order valence-electron chi connectivity index (χ4n) is 1.17. The summed E-state index contributed by atoms with van der Waals surface area (Å²) < 4.78 is 18.6. The highest BCUT2D eigenvalue weighted by molar-refractivity contribution is 6.99. The highest BCUT2D eigenvalue weighted by Gasteiger charge is 2.15. The van der Waals surface area contributed by atoms with Crippen LogP contribution >= 0.6 is 11.7 Å². The highest BCUT2D eigenvalue weighted by Crippen LogP contribution is 2.15. The number of rotatable bonds is 2. The Morgan fingerprint density at radius 1 is 1.50 bits per heavy atom. The first-order valence-corrected chi connectivity index (χ1v) is 4.70. The van der Waals surface area contributed by atoms with E-state index in [-0.39, 0.29) is 6.10 Å². The third-order valence-corrected chi connectivity index (χ3v) is 2.26. The predicted octanol–water partition coefficient (Wildman–Crippen LogP) is 1.10. The number of ether oxygens (including phenoxy) is 2. The molecule has 0 unspecified atom stereocenters. The van der Waals surface area contributed by atoms with E-state index in [4.69, 9.17) is 9.47 Å². The Bertz CT molecular complexity index is 221. The average Bonchev–Trinajstić information content (AvgIpc) is 2.59. The summed E-state index contributed by atoms with van der Waals surface area (Å²) >= 11 is 1.17. The molecule has 66 valence electrons. The molecule has 1 aliphatic heterocycles. The lowest BCUT2D eigenvalue weighted by Gasteiger charge is -2.21. The van der Waals surface area contributed by atoms with Crippen LogP contribution in [0.3, 0.4) is 0 Å². The smallest absolute Gasteiger partial charge is 0.245 e. The van der Waals surface area contributed by atoms with Crippen LogP contribution in [-0.4, -0.2) is 28.1 Å². The molecule has 0 atom stereocenters. The summed E-state index contributed by atoms with van der Waals surface area (Å²) in [5, 5.41) is 0. The molecule has 0 bridgehead atoms. The third kappa shape index (κ3) is 1.92. The molecule has 0 spiro atoms. The zero-order valence-corrected chi connectivity index (χ0v) is 7.42. The van der Waals surface area contributed by atoms with Crippen molar-refractivity contribution >= 4 is 11.7 Å². The largest absolute Gasteiger partial charge is 0.472 e. The Morgan fingerprint density at radius 3 is 3.00 bits per heavy atom. The van der Waals surface area contributed by atoms with Crippen molar-refractivity contribution in [2.75, 3.05) is 13.2 Å². The molecule has 0 radical (unpaired) electrons. The van der Waals surface area contributed by atoms with E-state index >= 15 is 0 Å². The number of aromatic nitrogens is 2. The third-order valence-electron chi connectivity index (χ3n) is 1.80. The van der Waals surface area contributed by atoms with Crippen LogP contribution in [0.25, 0.3) is 0 Å². The van der Waals surface area contributed by atoms with E-state index in [2.05, 4.69) is 8.75 Å². The van der Waals surface area contributed by atoms with Crippen molar-refractivity contribution in [3.63, 3.8) is 0 Å². The van der Waals surface area contributed by atoms with Crippen molar-refractivity contribution in [3.05, 3.63) is 6.20 Å². The summed E-state index contributed by atoms with van der Waals surface area (Å²) in [6.07, 6.45) is 3.83. The lowest BCUT2D eigenvalue weighted by Crippen LogP contribution is -2.25. The Hall–Kier alpha value is -0.680. The molecule has 2 heterocycles. The minimum atomic E-state index is 0.266. The van der Waals surface area contributed by atoms with Gasteiger partial charge in [-0.05, 0) is 0 Å². The van der Waals surface area contributed by atoms with Crippen molar-refractivity contribution < 1.29 is 9.47 Å². The van der Waals surface area contributed by atoms with Crippen LogP contribution in [0.5, 0.6) is 5.88 Å². The maximum atomic E-state index is 5.55. The van der Waals surface area contributed by atoms with E-state index in [9.17, 15) is 0 Å². The maximum Gasteiger partial charge on any atom is 0.245 e. The summed E-state index contributed by atoms with van der Waals surface area (Å²) in [5.74, 6) is 0.645.